The van der Waals surface area contributed by atoms with Gasteiger partial charge in [0.2, 0.25) is 0 Å². The van der Waals surface area contributed by atoms with E-state index in [4.69, 9.17) is 0 Å². The molecule has 4 heterocycles. The van der Waals surface area contributed by atoms with E-state index in [1.165, 1.54) is 23.4 Å². The molecule has 0 radical (unpaired) electrons. The Labute approximate surface area is 213 Å². The zero-order chi connectivity index (χ0) is 22.4. The number of carboxylic acids is 1. The summed E-state index contributed by atoms with van der Waals surface area (Å²) in [5, 5.41) is 12.8. The number of thioether (sulfide) groups is 1. The molecule has 4 aromatic heterocycles. The SMILES string of the molecule is CSc1nc2ncccc2n1Cc1sc2c(c1C(=O)[O-])c(=O)n(C)c(=O)n2CC(C)C.[Na+]. The van der Waals surface area contributed by atoms with Gasteiger partial charge in [0.05, 0.1) is 23.4 Å². The van der Waals surface area contributed by atoms with E-state index in [0.717, 1.165) is 21.4 Å². The van der Waals surface area contributed by atoms with Crippen molar-refractivity contribution in [3.8, 4) is 0 Å². The smallest absolute Gasteiger partial charge is 0.545 e. The summed E-state index contributed by atoms with van der Waals surface area (Å²) in [5.74, 6) is -1.32. The summed E-state index contributed by atoms with van der Waals surface area (Å²) in [6.45, 7) is 4.43. The quantitative estimate of drug-likeness (QED) is 0.238. The number of carbonyl (C=O) groups is 1. The van der Waals surface area contributed by atoms with E-state index in [1.807, 2.05) is 30.7 Å². The molecule has 0 aliphatic heterocycles. The molecule has 0 aromatic carbocycles. The van der Waals surface area contributed by atoms with Crippen LogP contribution in [0.1, 0.15) is 29.1 Å². The second-order valence-electron chi connectivity index (χ2n) is 7.55. The van der Waals surface area contributed by atoms with Crippen LogP contribution in [-0.2, 0) is 20.1 Å². The van der Waals surface area contributed by atoms with Crippen molar-refractivity contribution in [1.82, 2.24) is 23.7 Å². The summed E-state index contributed by atoms with van der Waals surface area (Å²) in [6, 6.07) is 3.64. The summed E-state index contributed by atoms with van der Waals surface area (Å²) in [4.78, 5) is 47.3. The number of hydrogen-bond donors (Lipinski definition) is 0. The van der Waals surface area contributed by atoms with E-state index >= 15 is 0 Å². The molecule has 0 fully saturated rings. The topological polar surface area (TPSA) is 115 Å². The predicted octanol–water partition coefficient (Wildman–Crippen LogP) is -1.70. The maximum atomic E-state index is 12.9. The number of carboxylic acid groups (broad SMARTS) is 1. The van der Waals surface area contributed by atoms with E-state index in [1.54, 1.807) is 12.3 Å². The van der Waals surface area contributed by atoms with Crippen molar-refractivity contribution in [2.24, 2.45) is 13.0 Å². The first kappa shape index (κ1) is 24.7. The Morgan fingerprint density at radius 1 is 1.28 bits per heavy atom. The number of carbonyl (C=O) groups excluding carboxylic acids is 1. The van der Waals surface area contributed by atoms with Crippen molar-refractivity contribution in [3.05, 3.63) is 49.6 Å². The second-order valence-corrected chi connectivity index (χ2v) is 9.41. The third-order valence-electron chi connectivity index (χ3n) is 4.97. The third kappa shape index (κ3) is 4.08. The molecule has 0 spiro atoms. The van der Waals surface area contributed by atoms with E-state index in [2.05, 4.69) is 9.97 Å². The zero-order valence-corrected chi connectivity index (χ0v) is 22.0. The molecule has 0 aliphatic carbocycles. The van der Waals surface area contributed by atoms with Crippen LogP contribution in [0, 0.1) is 5.92 Å². The van der Waals surface area contributed by atoms with Gasteiger partial charge >= 0.3 is 35.2 Å². The molecule has 9 nitrogen and oxygen atoms in total. The largest absolute Gasteiger partial charge is 1.00 e. The molecule has 32 heavy (non-hydrogen) atoms. The number of hydrogen-bond acceptors (Lipinski definition) is 8. The number of pyridine rings is 1. The summed E-state index contributed by atoms with van der Waals surface area (Å²) in [7, 11) is 1.36. The first-order valence-corrected chi connectivity index (χ1v) is 11.6. The molecule has 0 bridgehead atoms. The summed E-state index contributed by atoms with van der Waals surface area (Å²) >= 11 is 2.55. The fraction of sp³-hybridized carbons (Fsp3) is 0.350. The van der Waals surface area contributed by atoms with Crippen LogP contribution in [0.3, 0.4) is 0 Å². The van der Waals surface area contributed by atoms with Crippen LogP contribution < -0.4 is 45.9 Å². The fourth-order valence-corrected chi connectivity index (χ4v) is 5.45. The monoisotopic (exact) mass is 481 g/mol. The Balaban J connectivity index is 0.00000289. The van der Waals surface area contributed by atoms with Crippen LogP contribution in [-0.4, -0.2) is 35.9 Å². The fourth-order valence-electron chi connectivity index (χ4n) is 3.62. The Morgan fingerprint density at radius 3 is 2.62 bits per heavy atom. The molecule has 12 heteroatoms. The van der Waals surface area contributed by atoms with Gasteiger partial charge < -0.3 is 14.5 Å². The van der Waals surface area contributed by atoms with Gasteiger partial charge in [0, 0.05) is 30.2 Å². The number of aromatic nitrogens is 5. The van der Waals surface area contributed by atoms with Crippen molar-refractivity contribution in [3.63, 3.8) is 0 Å². The van der Waals surface area contributed by atoms with Gasteiger partial charge in [-0.05, 0) is 24.3 Å². The van der Waals surface area contributed by atoms with Crippen LogP contribution in [0.15, 0.2) is 33.1 Å². The van der Waals surface area contributed by atoms with Gasteiger partial charge in [0.15, 0.2) is 10.8 Å². The van der Waals surface area contributed by atoms with Crippen LogP contribution >= 0.6 is 23.1 Å². The average Bonchev–Trinajstić information content (AvgIpc) is 3.28. The van der Waals surface area contributed by atoms with Gasteiger partial charge in [0.25, 0.3) is 5.56 Å². The Hall–Kier alpha value is -1.92. The molecule has 0 saturated heterocycles. The van der Waals surface area contributed by atoms with Crippen LogP contribution in [0.2, 0.25) is 0 Å². The standard InChI is InChI=1S/C20H21N5O4S2.Na/c1-10(2)8-25-17-14(16(26)23(3)20(25)29)13(18(27)28)12(31-17)9-24-11-6-5-7-21-15(11)22-19(24)30-4;/h5-7,10H,8-9H2,1-4H3,(H,27,28);/q;+1/p-1. The van der Waals surface area contributed by atoms with Crippen molar-refractivity contribution >= 4 is 50.4 Å². The molecular formula is C20H20N5NaO4S2. The first-order chi connectivity index (χ1) is 14.7. The van der Waals surface area contributed by atoms with Crippen LogP contribution in [0.4, 0.5) is 0 Å². The van der Waals surface area contributed by atoms with E-state index in [9.17, 15) is 19.5 Å². The van der Waals surface area contributed by atoms with E-state index in [0.29, 0.717) is 27.1 Å². The summed E-state index contributed by atoms with van der Waals surface area (Å²) in [5.41, 5.74) is 0.0301. The van der Waals surface area contributed by atoms with Crippen molar-refractivity contribution in [2.45, 2.75) is 32.1 Å². The molecular weight excluding hydrogens is 461 g/mol. The Bertz CT molecular complexity index is 1450. The number of nitrogens with zero attached hydrogens (tertiary/aromatic N) is 5. The predicted molar refractivity (Wildman–Crippen MR) is 119 cm³/mol. The average molecular weight is 482 g/mol. The van der Waals surface area contributed by atoms with Gasteiger partial charge in [-0.2, -0.15) is 0 Å². The van der Waals surface area contributed by atoms with Crippen LogP contribution in [0.25, 0.3) is 21.4 Å². The number of aromatic carboxylic acids is 1. The van der Waals surface area contributed by atoms with Crippen molar-refractivity contribution < 1.29 is 39.5 Å². The second kappa shape index (κ2) is 9.52. The van der Waals surface area contributed by atoms with Crippen molar-refractivity contribution in [1.29, 1.82) is 0 Å². The Morgan fingerprint density at radius 2 is 2.00 bits per heavy atom. The minimum absolute atomic E-state index is 0. The third-order valence-corrected chi connectivity index (χ3v) is 6.84. The number of imidazole rings is 1. The summed E-state index contributed by atoms with van der Waals surface area (Å²) in [6.07, 6.45) is 3.52. The molecule has 0 unspecified atom stereocenters. The van der Waals surface area contributed by atoms with E-state index < -0.39 is 17.2 Å². The molecule has 0 aliphatic rings. The zero-order valence-electron chi connectivity index (χ0n) is 18.4. The van der Waals surface area contributed by atoms with Crippen LogP contribution in [0.5, 0.6) is 0 Å². The molecule has 162 valence electrons. The number of thiophene rings is 1. The maximum Gasteiger partial charge on any atom is 1.00 e. The first-order valence-electron chi connectivity index (χ1n) is 9.56. The van der Waals surface area contributed by atoms with Gasteiger partial charge in [-0.15, -0.1) is 11.3 Å². The molecule has 0 amide bonds. The number of rotatable bonds is 6. The maximum absolute atomic E-state index is 12.9. The minimum atomic E-state index is -1.44. The molecule has 0 atom stereocenters. The normalized spacial score (nSPS) is 11.4. The molecule has 0 N–H and O–H groups in total. The minimum Gasteiger partial charge on any atom is -0.545 e. The number of fused-ring (bicyclic) bond motifs is 2. The van der Waals surface area contributed by atoms with Gasteiger partial charge in [-0.25, -0.2) is 14.8 Å². The van der Waals surface area contributed by atoms with E-state index in [-0.39, 0.29) is 53.0 Å². The van der Waals surface area contributed by atoms with Gasteiger partial charge in [-0.3, -0.25) is 13.9 Å². The molecule has 4 aromatic rings. The van der Waals surface area contributed by atoms with Crippen molar-refractivity contribution in [2.75, 3.05) is 6.26 Å². The van der Waals surface area contributed by atoms with Gasteiger partial charge in [0.1, 0.15) is 4.83 Å². The van der Waals surface area contributed by atoms with Gasteiger partial charge in [-0.1, -0.05) is 25.6 Å². The Kier molecular flexibility index (Phi) is 7.35. The summed E-state index contributed by atoms with van der Waals surface area (Å²) < 4.78 is 4.29. The molecule has 4 rings (SSSR count). The molecule has 0 saturated carbocycles.